The molecular formula is C25H35ClO4. The van der Waals surface area contributed by atoms with Crippen LogP contribution in [0.2, 0.25) is 5.02 Å². The van der Waals surface area contributed by atoms with Crippen LogP contribution in [-0.4, -0.2) is 36.8 Å². The summed E-state index contributed by atoms with van der Waals surface area (Å²) < 4.78 is 17.8. The molecule has 1 heterocycles. The van der Waals surface area contributed by atoms with E-state index >= 15 is 0 Å². The summed E-state index contributed by atoms with van der Waals surface area (Å²) in [5.41, 5.74) is 0. The predicted molar refractivity (Wildman–Crippen MR) is 121 cm³/mol. The molecule has 4 nitrogen and oxygen atoms in total. The second-order valence-electron chi connectivity index (χ2n) is 8.48. The van der Waals surface area contributed by atoms with Gasteiger partial charge in [-0.15, -0.1) is 0 Å². The van der Waals surface area contributed by atoms with Gasteiger partial charge in [-0.2, -0.15) is 0 Å². The third-order valence-electron chi connectivity index (χ3n) is 6.14. The molecule has 166 valence electrons. The van der Waals surface area contributed by atoms with Crippen LogP contribution in [0.25, 0.3) is 0 Å². The molecule has 30 heavy (non-hydrogen) atoms. The van der Waals surface area contributed by atoms with Crippen molar-refractivity contribution in [3.05, 3.63) is 53.6 Å². The summed E-state index contributed by atoms with van der Waals surface area (Å²) in [6.07, 6.45) is 13.7. The fraction of sp³-hybridized carbons (Fsp3) is 0.600. The molecule has 4 atom stereocenters. The fourth-order valence-electron chi connectivity index (χ4n) is 4.43. The number of hydrogen-bond acceptors (Lipinski definition) is 4. The Morgan fingerprint density at radius 3 is 2.80 bits per heavy atom. The van der Waals surface area contributed by atoms with Crippen molar-refractivity contribution in [3.8, 4) is 5.75 Å². The first-order valence-corrected chi connectivity index (χ1v) is 11.6. The Morgan fingerprint density at radius 1 is 1.27 bits per heavy atom. The van der Waals surface area contributed by atoms with E-state index in [1.165, 1.54) is 12.8 Å². The van der Waals surface area contributed by atoms with Crippen molar-refractivity contribution in [1.82, 2.24) is 0 Å². The number of aliphatic hydroxyl groups is 1. The van der Waals surface area contributed by atoms with E-state index in [-0.39, 0.29) is 24.5 Å². The molecule has 1 aromatic carbocycles. The molecule has 4 unspecified atom stereocenters. The van der Waals surface area contributed by atoms with Crippen molar-refractivity contribution in [3.63, 3.8) is 0 Å². The number of benzene rings is 1. The molecular weight excluding hydrogens is 400 g/mol. The third kappa shape index (κ3) is 6.34. The third-order valence-corrected chi connectivity index (χ3v) is 6.38. The van der Waals surface area contributed by atoms with E-state index in [4.69, 9.17) is 25.8 Å². The van der Waals surface area contributed by atoms with Gasteiger partial charge in [0, 0.05) is 5.02 Å². The summed E-state index contributed by atoms with van der Waals surface area (Å²) in [5.74, 6) is 0.719. The monoisotopic (exact) mass is 434 g/mol. The van der Waals surface area contributed by atoms with Crippen LogP contribution in [0.4, 0.5) is 0 Å². The summed E-state index contributed by atoms with van der Waals surface area (Å²) in [5, 5.41) is 11.2. The van der Waals surface area contributed by atoms with Crippen molar-refractivity contribution >= 4 is 11.6 Å². The first-order chi connectivity index (χ1) is 14.5. The van der Waals surface area contributed by atoms with Gasteiger partial charge in [-0.05, 0) is 61.3 Å². The highest BCUT2D eigenvalue weighted by Crippen LogP contribution is 2.41. The average molecular weight is 435 g/mol. The van der Waals surface area contributed by atoms with Gasteiger partial charge in [0.1, 0.15) is 12.4 Å². The first kappa shape index (κ1) is 23.3. The van der Waals surface area contributed by atoms with Crippen LogP contribution in [0, 0.1) is 17.8 Å². The van der Waals surface area contributed by atoms with E-state index in [0.717, 1.165) is 19.3 Å². The van der Waals surface area contributed by atoms with E-state index < -0.39 is 5.79 Å². The number of halogens is 1. The van der Waals surface area contributed by atoms with Crippen LogP contribution >= 0.6 is 11.6 Å². The highest BCUT2D eigenvalue weighted by atomic mass is 35.5. The maximum atomic E-state index is 10.6. The molecule has 1 aliphatic heterocycles. The zero-order valence-electron chi connectivity index (χ0n) is 18.1. The van der Waals surface area contributed by atoms with Gasteiger partial charge in [-0.3, -0.25) is 0 Å². The summed E-state index contributed by atoms with van der Waals surface area (Å²) in [7, 11) is 0. The molecule has 0 aromatic heterocycles. The Kier molecular flexibility index (Phi) is 8.82. The number of rotatable bonds is 10. The van der Waals surface area contributed by atoms with E-state index in [1.54, 1.807) is 6.07 Å². The molecule has 1 aromatic rings. The fourth-order valence-corrected chi connectivity index (χ4v) is 4.61. The number of allylic oxidation sites excluding steroid dienone is 3. The highest BCUT2D eigenvalue weighted by Gasteiger charge is 2.40. The lowest BCUT2D eigenvalue weighted by atomic mass is 9.86. The summed E-state index contributed by atoms with van der Waals surface area (Å²) >= 11 is 6.05. The maximum absolute atomic E-state index is 10.6. The van der Waals surface area contributed by atoms with Crippen LogP contribution in [0.1, 0.15) is 46.0 Å². The van der Waals surface area contributed by atoms with Crippen molar-refractivity contribution in [2.45, 2.75) is 57.8 Å². The lowest BCUT2D eigenvalue weighted by Gasteiger charge is -2.26. The van der Waals surface area contributed by atoms with Crippen LogP contribution < -0.4 is 4.74 Å². The first-order valence-electron chi connectivity index (χ1n) is 11.2. The van der Waals surface area contributed by atoms with Gasteiger partial charge in [0.2, 0.25) is 5.79 Å². The van der Waals surface area contributed by atoms with Crippen LogP contribution in [0.15, 0.2) is 48.6 Å². The molecule has 1 aliphatic carbocycles. The van der Waals surface area contributed by atoms with Crippen LogP contribution in [0.5, 0.6) is 5.75 Å². The van der Waals surface area contributed by atoms with Gasteiger partial charge in [0.25, 0.3) is 0 Å². The molecule has 5 heteroatoms. The lowest BCUT2D eigenvalue weighted by molar-refractivity contribution is -0.139. The predicted octanol–water partition coefficient (Wildman–Crippen LogP) is 5.79. The molecule has 0 spiro atoms. The Hall–Kier alpha value is -1.33. The molecule has 1 saturated heterocycles. The molecule has 3 rings (SSSR count). The molecule has 2 aliphatic rings. The standard InChI is InChI=1S/C25H35ClO4/c1-3-4-5-6-7-11-23-22(19(2)16-24(23)27)12-13-25(29-14-15-30-25)18-28-21-10-8-9-20(26)17-21/h6-10,12-13,17,19,22-24,27H,3-5,11,14-16,18H2,1-2H3/b7-6+,13-12+. The topological polar surface area (TPSA) is 47.9 Å². The number of hydrogen-bond donors (Lipinski definition) is 1. The minimum Gasteiger partial charge on any atom is -0.488 e. The highest BCUT2D eigenvalue weighted by molar-refractivity contribution is 6.30. The Labute approximate surface area is 185 Å². The SMILES string of the molecule is CCCC/C=C/CC1C(O)CC(C)C1/C=C/C1(COc2cccc(Cl)c2)OCCO1. The normalized spacial score (nSPS) is 28.7. The molecule has 0 bridgehead atoms. The second kappa shape index (κ2) is 11.3. The molecule has 1 N–H and O–H groups in total. The lowest BCUT2D eigenvalue weighted by Crippen LogP contribution is -2.35. The number of unbranched alkanes of at least 4 members (excludes halogenated alkanes) is 2. The average Bonchev–Trinajstić information content (AvgIpc) is 3.29. The van der Waals surface area contributed by atoms with Crippen LogP contribution in [0.3, 0.4) is 0 Å². The van der Waals surface area contributed by atoms with Crippen molar-refractivity contribution in [2.24, 2.45) is 17.8 Å². The van der Waals surface area contributed by atoms with Gasteiger partial charge in [-0.1, -0.05) is 62.6 Å². The van der Waals surface area contributed by atoms with Crippen molar-refractivity contribution in [2.75, 3.05) is 19.8 Å². The number of aliphatic hydroxyl groups excluding tert-OH is 1. The summed E-state index contributed by atoms with van der Waals surface area (Å²) in [6.45, 7) is 5.75. The largest absolute Gasteiger partial charge is 0.488 e. The molecule has 1 saturated carbocycles. The van der Waals surface area contributed by atoms with Gasteiger partial charge < -0.3 is 19.3 Å². The smallest absolute Gasteiger partial charge is 0.223 e. The second-order valence-corrected chi connectivity index (χ2v) is 8.92. The van der Waals surface area contributed by atoms with Crippen molar-refractivity contribution in [1.29, 1.82) is 0 Å². The summed E-state index contributed by atoms with van der Waals surface area (Å²) in [4.78, 5) is 0. The molecule has 2 fully saturated rings. The van der Waals surface area contributed by atoms with Gasteiger partial charge in [-0.25, -0.2) is 0 Å². The zero-order chi connectivity index (χ0) is 21.4. The van der Waals surface area contributed by atoms with Crippen LogP contribution in [-0.2, 0) is 9.47 Å². The summed E-state index contributed by atoms with van der Waals surface area (Å²) in [6, 6.07) is 7.33. The zero-order valence-corrected chi connectivity index (χ0v) is 18.9. The molecule has 0 radical (unpaired) electrons. The van der Waals surface area contributed by atoms with Gasteiger partial charge in [0.05, 0.1) is 19.3 Å². The Bertz CT molecular complexity index is 711. The van der Waals surface area contributed by atoms with E-state index in [1.807, 2.05) is 24.3 Å². The molecule has 0 amide bonds. The minimum atomic E-state index is -0.892. The van der Waals surface area contributed by atoms with E-state index in [0.29, 0.717) is 29.9 Å². The van der Waals surface area contributed by atoms with E-state index in [2.05, 4.69) is 32.1 Å². The van der Waals surface area contributed by atoms with Crippen molar-refractivity contribution < 1.29 is 19.3 Å². The Balaban J connectivity index is 1.65. The van der Waals surface area contributed by atoms with E-state index in [9.17, 15) is 5.11 Å². The quantitative estimate of drug-likeness (QED) is 0.374. The van der Waals surface area contributed by atoms with Gasteiger partial charge >= 0.3 is 0 Å². The number of ether oxygens (including phenoxy) is 3. The minimum absolute atomic E-state index is 0.224. The maximum Gasteiger partial charge on any atom is 0.223 e. The van der Waals surface area contributed by atoms with Gasteiger partial charge in [0.15, 0.2) is 0 Å². The Morgan fingerprint density at radius 2 is 2.07 bits per heavy atom.